The van der Waals surface area contributed by atoms with Gasteiger partial charge in [0.05, 0.1) is 8.61 Å². The van der Waals surface area contributed by atoms with Crippen molar-refractivity contribution in [1.29, 1.82) is 0 Å². The average Bonchev–Trinajstić information content (AvgIpc) is 2.63. The van der Waals surface area contributed by atoms with Gasteiger partial charge in [-0.1, -0.05) is 15.9 Å². The normalized spacial score (nSPS) is 12.8. The van der Waals surface area contributed by atoms with Crippen LogP contribution >= 0.6 is 43.2 Å². The summed E-state index contributed by atoms with van der Waals surface area (Å²) in [5.41, 5.74) is 1.73. The van der Waals surface area contributed by atoms with Gasteiger partial charge in [-0.15, -0.1) is 11.3 Å². The number of hydrogen-bond acceptors (Lipinski definition) is 1. The number of rotatable bonds is 2. The maximum atomic E-state index is 13.9. The summed E-state index contributed by atoms with van der Waals surface area (Å²) in [6, 6.07) is 4.45. The van der Waals surface area contributed by atoms with E-state index in [4.69, 9.17) is 0 Å². The number of hydrogen-bond donors (Lipinski definition) is 0. The summed E-state index contributed by atoms with van der Waals surface area (Å²) in [5, 5.41) is 0. The van der Waals surface area contributed by atoms with Crippen LogP contribution in [0.25, 0.3) is 0 Å². The highest BCUT2D eigenvalue weighted by molar-refractivity contribution is 9.11. The Labute approximate surface area is 125 Å². The van der Waals surface area contributed by atoms with Crippen LogP contribution in [0.1, 0.15) is 26.4 Å². The largest absolute Gasteiger partial charge is 0.207 e. The molecule has 1 aromatic heterocycles. The summed E-state index contributed by atoms with van der Waals surface area (Å²) in [6.45, 7) is 3.52. The summed E-state index contributed by atoms with van der Waals surface area (Å²) in [7, 11) is 0. The lowest BCUT2D eigenvalue weighted by molar-refractivity contribution is 0.581. The zero-order valence-electron chi connectivity index (χ0n) is 9.73. The van der Waals surface area contributed by atoms with Gasteiger partial charge in [0.1, 0.15) is 11.6 Å². The number of thiophene rings is 1. The summed E-state index contributed by atoms with van der Waals surface area (Å²) in [4.78, 5) is 0.615. The van der Waals surface area contributed by atoms with Gasteiger partial charge in [0.15, 0.2) is 0 Å². The minimum absolute atomic E-state index is 0.319. The maximum absolute atomic E-state index is 13.9. The molecule has 0 amide bonds. The molecular weight excluding hydrogens is 386 g/mol. The predicted molar refractivity (Wildman–Crippen MR) is 78.6 cm³/mol. The topological polar surface area (TPSA) is 0 Å². The van der Waals surface area contributed by atoms with E-state index in [0.717, 1.165) is 14.2 Å². The maximum Gasteiger partial charge on any atom is 0.128 e. The van der Waals surface area contributed by atoms with Crippen LogP contribution in [-0.2, 0) is 0 Å². The Hall–Kier alpha value is -0.260. The first-order chi connectivity index (χ1) is 8.40. The smallest absolute Gasteiger partial charge is 0.128 e. The van der Waals surface area contributed by atoms with Gasteiger partial charge in [-0.25, -0.2) is 8.78 Å². The van der Waals surface area contributed by atoms with Gasteiger partial charge in [0.2, 0.25) is 0 Å². The minimum atomic E-state index is -0.391. The highest BCUT2D eigenvalue weighted by Crippen LogP contribution is 2.40. The first kappa shape index (κ1) is 14.2. The highest BCUT2D eigenvalue weighted by atomic mass is 79.9. The Morgan fingerprint density at radius 1 is 1.06 bits per heavy atom. The Bertz CT molecular complexity index is 573. The first-order valence-corrected chi connectivity index (χ1v) is 7.78. The van der Waals surface area contributed by atoms with Crippen molar-refractivity contribution in [2.45, 2.75) is 18.7 Å². The Morgan fingerprint density at radius 3 is 2.28 bits per heavy atom. The molecule has 5 heteroatoms. The first-order valence-electron chi connectivity index (χ1n) is 5.25. The SMILES string of the molecule is Cc1cc(F)c(C(Br)c2cc(C)c(Br)s2)cc1F. The summed E-state index contributed by atoms with van der Waals surface area (Å²) < 4.78 is 28.4. The van der Waals surface area contributed by atoms with Gasteiger partial charge in [-0.2, -0.15) is 0 Å². The van der Waals surface area contributed by atoms with Gasteiger partial charge in [0, 0.05) is 10.4 Å². The molecule has 1 aromatic carbocycles. The van der Waals surface area contributed by atoms with Gasteiger partial charge >= 0.3 is 0 Å². The fraction of sp³-hybridized carbons (Fsp3) is 0.231. The molecule has 0 aliphatic rings. The molecule has 0 saturated heterocycles. The van der Waals surface area contributed by atoms with Crippen molar-refractivity contribution in [3.8, 4) is 0 Å². The molecule has 0 aliphatic carbocycles. The van der Waals surface area contributed by atoms with Crippen LogP contribution in [0.5, 0.6) is 0 Å². The summed E-state index contributed by atoms with van der Waals surface area (Å²) >= 11 is 8.38. The average molecular weight is 396 g/mol. The van der Waals surface area contributed by atoms with Crippen LogP contribution in [0.2, 0.25) is 0 Å². The van der Waals surface area contributed by atoms with Crippen molar-refractivity contribution in [2.75, 3.05) is 0 Å². The standard InChI is InChI=1S/C13H10Br2F2S/c1-6-3-10(17)8(5-9(6)16)12(14)11-4-7(2)13(15)18-11/h3-5,12H,1-2H3. The van der Waals surface area contributed by atoms with Crippen LogP contribution in [-0.4, -0.2) is 0 Å². The molecule has 18 heavy (non-hydrogen) atoms. The van der Waals surface area contributed by atoms with Gasteiger partial charge in [-0.3, -0.25) is 0 Å². The number of alkyl halides is 1. The molecule has 0 saturated carbocycles. The third-order valence-electron chi connectivity index (χ3n) is 2.68. The quantitative estimate of drug-likeness (QED) is 0.556. The molecule has 1 unspecified atom stereocenters. The van der Waals surface area contributed by atoms with Crippen molar-refractivity contribution >= 4 is 43.2 Å². The predicted octanol–water partition coefficient (Wildman–Crippen LogP) is 5.89. The second kappa shape index (κ2) is 5.39. The molecule has 0 nitrogen and oxygen atoms in total. The van der Waals surface area contributed by atoms with Crippen molar-refractivity contribution in [1.82, 2.24) is 0 Å². The van der Waals surface area contributed by atoms with E-state index in [1.165, 1.54) is 23.5 Å². The van der Waals surface area contributed by atoms with E-state index in [1.807, 2.05) is 13.0 Å². The highest BCUT2D eigenvalue weighted by Gasteiger charge is 2.19. The molecule has 2 aromatic rings. The molecule has 2 rings (SSSR count). The van der Waals surface area contributed by atoms with Crippen LogP contribution in [0.3, 0.4) is 0 Å². The fourth-order valence-electron chi connectivity index (χ4n) is 1.62. The third kappa shape index (κ3) is 2.68. The van der Waals surface area contributed by atoms with E-state index >= 15 is 0 Å². The molecule has 0 aliphatic heterocycles. The number of aryl methyl sites for hydroxylation is 2. The molecule has 0 fully saturated rings. The molecule has 0 N–H and O–H groups in total. The minimum Gasteiger partial charge on any atom is -0.207 e. The second-order valence-electron chi connectivity index (χ2n) is 4.09. The third-order valence-corrected chi connectivity index (χ3v) is 6.17. The molecule has 1 heterocycles. The summed E-state index contributed by atoms with van der Waals surface area (Å²) in [6.07, 6.45) is 0. The van der Waals surface area contributed by atoms with E-state index in [1.54, 1.807) is 6.92 Å². The Kier molecular flexibility index (Phi) is 4.24. The van der Waals surface area contributed by atoms with Crippen molar-refractivity contribution in [2.24, 2.45) is 0 Å². The molecule has 0 spiro atoms. The van der Waals surface area contributed by atoms with E-state index in [2.05, 4.69) is 31.9 Å². The van der Waals surface area contributed by atoms with Gasteiger partial charge in [0.25, 0.3) is 0 Å². The zero-order valence-corrected chi connectivity index (χ0v) is 13.7. The Morgan fingerprint density at radius 2 is 1.72 bits per heavy atom. The zero-order chi connectivity index (χ0) is 13.4. The van der Waals surface area contributed by atoms with Crippen LogP contribution in [0.15, 0.2) is 22.0 Å². The molecule has 0 radical (unpaired) electrons. The van der Waals surface area contributed by atoms with Gasteiger partial charge in [-0.05, 0) is 59.1 Å². The van der Waals surface area contributed by atoms with Gasteiger partial charge < -0.3 is 0 Å². The van der Waals surface area contributed by atoms with Crippen molar-refractivity contribution < 1.29 is 8.78 Å². The van der Waals surface area contributed by atoms with E-state index in [9.17, 15) is 8.78 Å². The number of benzene rings is 1. The molecule has 0 bridgehead atoms. The van der Waals surface area contributed by atoms with Crippen LogP contribution in [0.4, 0.5) is 8.78 Å². The lowest BCUT2D eigenvalue weighted by Crippen LogP contribution is -1.97. The fourth-order valence-corrected chi connectivity index (χ4v) is 3.95. The molecular formula is C13H10Br2F2S. The monoisotopic (exact) mass is 394 g/mol. The number of halogens is 4. The lowest BCUT2D eigenvalue weighted by Gasteiger charge is -2.10. The van der Waals surface area contributed by atoms with Crippen molar-refractivity contribution in [3.63, 3.8) is 0 Å². The van der Waals surface area contributed by atoms with Crippen LogP contribution < -0.4 is 0 Å². The Balaban J connectivity index is 2.45. The van der Waals surface area contributed by atoms with Crippen molar-refractivity contribution in [3.05, 3.63) is 55.2 Å². The lowest BCUT2D eigenvalue weighted by atomic mass is 10.1. The van der Waals surface area contributed by atoms with E-state index < -0.39 is 5.82 Å². The van der Waals surface area contributed by atoms with E-state index in [-0.39, 0.29) is 10.6 Å². The van der Waals surface area contributed by atoms with Crippen LogP contribution in [0, 0.1) is 25.5 Å². The summed E-state index contributed by atoms with van der Waals surface area (Å²) in [5.74, 6) is -0.777. The van der Waals surface area contributed by atoms with E-state index in [0.29, 0.717) is 11.1 Å². The second-order valence-corrected chi connectivity index (χ2v) is 7.41. The molecule has 96 valence electrons. The molecule has 1 atom stereocenters.